The van der Waals surface area contributed by atoms with Crippen molar-refractivity contribution in [3.8, 4) is 0 Å². The van der Waals surface area contributed by atoms with Crippen molar-refractivity contribution >= 4 is 5.91 Å². The van der Waals surface area contributed by atoms with Crippen LogP contribution >= 0.6 is 0 Å². The molecule has 1 amide bonds. The largest absolute Gasteiger partial charge is 0.382 e. The van der Waals surface area contributed by atoms with Crippen molar-refractivity contribution in [1.82, 2.24) is 10.6 Å². The molecule has 0 saturated carbocycles. The Balaban J connectivity index is 3.47. The van der Waals surface area contributed by atoms with E-state index in [9.17, 15) is 4.79 Å². The molecule has 1 atom stereocenters. The second-order valence-electron chi connectivity index (χ2n) is 4.37. The molecular weight excluding hydrogens is 204 g/mol. The summed E-state index contributed by atoms with van der Waals surface area (Å²) in [6.45, 7) is 11.1. The van der Waals surface area contributed by atoms with Crippen molar-refractivity contribution in [2.45, 2.75) is 40.2 Å². The molecule has 0 fully saturated rings. The first-order chi connectivity index (χ1) is 7.57. The Bertz CT molecular complexity index is 184. The average Bonchev–Trinajstić information content (AvgIpc) is 2.25. The van der Waals surface area contributed by atoms with Crippen LogP contribution in [0.4, 0.5) is 0 Å². The summed E-state index contributed by atoms with van der Waals surface area (Å²) in [6, 6.07) is -0.125. The van der Waals surface area contributed by atoms with E-state index in [-0.39, 0.29) is 11.9 Å². The zero-order valence-corrected chi connectivity index (χ0v) is 11.0. The van der Waals surface area contributed by atoms with Gasteiger partial charge >= 0.3 is 0 Å². The van der Waals surface area contributed by atoms with Crippen LogP contribution in [0.25, 0.3) is 0 Å². The highest BCUT2D eigenvalue weighted by Gasteiger charge is 2.11. The first kappa shape index (κ1) is 15.4. The van der Waals surface area contributed by atoms with Crippen molar-refractivity contribution < 1.29 is 9.53 Å². The molecule has 0 aliphatic carbocycles. The van der Waals surface area contributed by atoms with Crippen molar-refractivity contribution in [2.75, 3.05) is 26.3 Å². The minimum absolute atomic E-state index is 0.0742. The van der Waals surface area contributed by atoms with E-state index in [1.807, 2.05) is 13.8 Å². The predicted molar refractivity (Wildman–Crippen MR) is 66.4 cm³/mol. The monoisotopic (exact) mass is 230 g/mol. The van der Waals surface area contributed by atoms with E-state index in [0.29, 0.717) is 5.92 Å². The van der Waals surface area contributed by atoms with Crippen LogP contribution < -0.4 is 10.6 Å². The smallest absolute Gasteiger partial charge is 0.236 e. The lowest BCUT2D eigenvalue weighted by Crippen LogP contribution is -2.43. The van der Waals surface area contributed by atoms with Gasteiger partial charge in [0.05, 0.1) is 6.04 Å². The minimum atomic E-state index is -0.125. The Hall–Kier alpha value is -0.610. The zero-order valence-electron chi connectivity index (χ0n) is 11.0. The Morgan fingerprint density at radius 1 is 1.31 bits per heavy atom. The quantitative estimate of drug-likeness (QED) is 0.584. The van der Waals surface area contributed by atoms with Crippen LogP contribution in [0, 0.1) is 5.92 Å². The molecule has 0 aliphatic heterocycles. The van der Waals surface area contributed by atoms with Gasteiger partial charge in [-0.2, -0.15) is 0 Å². The summed E-state index contributed by atoms with van der Waals surface area (Å²) >= 11 is 0. The summed E-state index contributed by atoms with van der Waals surface area (Å²) in [5, 5.41) is 6.07. The summed E-state index contributed by atoms with van der Waals surface area (Å²) in [5.74, 6) is 0.569. The molecule has 2 N–H and O–H groups in total. The molecule has 0 aromatic heterocycles. The fourth-order valence-electron chi connectivity index (χ4n) is 1.19. The molecular formula is C12H26N2O2. The lowest BCUT2D eigenvalue weighted by molar-refractivity contribution is -0.122. The van der Waals surface area contributed by atoms with E-state index in [2.05, 4.69) is 24.5 Å². The highest BCUT2D eigenvalue weighted by molar-refractivity contribution is 5.81. The summed E-state index contributed by atoms with van der Waals surface area (Å²) in [5.41, 5.74) is 0. The van der Waals surface area contributed by atoms with Crippen LogP contribution in [0.5, 0.6) is 0 Å². The first-order valence-electron chi connectivity index (χ1n) is 6.16. The second kappa shape index (κ2) is 9.60. The van der Waals surface area contributed by atoms with E-state index in [4.69, 9.17) is 4.74 Å². The number of hydrogen-bond donors (Lipinski definition) is 2. The van der Waals surface area contributed by atoms with Gasteiger partial charge in [-0.15, -0.1) is 0 Å². The fraction of sp³-hybridized carbons (Fsp3) is 0.917. The zero-order chi connectivity index (χ0) is 12.4. The Morgan fingerprint density at radius 2 is 2.00 bits per heavy atom. The summed E-state index contributed by atoms with van der Waals surface area (Å²) < 4.78 is 5.21. The molecule has 0 saturated heterocycles. The van der Waals surface area contributed by atoms with Crippen molar-refractivity contribution in [3.05, 3.63) is 0 Å². The number of carbonyl (C=O) groups excluding carboxylic acids is 1. The molecule has 16 heavy (non-hydrogen) atoms. The average molecular weight is 230 g/mol. The van der Waals surface area contributed by atoms with Gasteiger partial charge in [-0.05, 0) is 32.7 Å². The third kappa shape index (κ3) is 8.68. The van der Waals surface area contributed by atoms with E-state index >= 15 is 0 Å². The molecule has 0 rings (SSSR count). The fourth-order valence-corrected chi connectivity index (χ4v) is 1.19. The van der Waals surface area contributed by atoms with Crippen LogP contribution in [0.3, 0.4) is 0 Å². The first-order valence-corrected chi connectivity index (χ1v) is 6.16. The Morgan fingerprint density at radius 3 is 2.56 bits per heavy atom. The van der Waals surface area contributed by atoms with E-state index in [0.717, 1.165) is 32.7 Å². The number of amides is 1. The molecule has 0 bridgehead atoms. The van der Waals surface area contributed by atoms with Crippen LogP contribution in [-0.4, -0.2) is 38.3 Å². The van der Waals surface area contributed by atoms with Gasteiger partial charge in [0.15, 0.2) is 0 Å². The van der Waals surface area contributed by atoms with Gasteiger partial charge in [-0.3, -0.25) is 4.79 Å². The Labute approximate surface area is 99.1 Å². The molecule has 96 valence electrons. The van der Waals surface area contributed by atoms with Gasteiger partial charge in [0.1, 0.15) is 0 Å². The Kier molecular flexibility index (Phi) is 9.24. The molecule has 0 aliphatic rings. The molecule has 0 aromatic carbocycles. The third-order valence-corrected chi connectivity index (χ3v) is 2.20. The maximum Gasteiger partial charge on any atom is 0.236 e. The summed E-state index contributed by atoms with van der Waals surface area (Å²) in [6.07, 6.45) is 0.940. The van der Waals surface area contributed by atoms with Gasteiger partial charge in [0.25, 0.3) is 0 Å². The summed E-state index contributed by atoms with van der Waals surface area (Å²) in [7, 11) is 0. The van der Waals surface area contributed by atoms with Crippen molar-refractivity contribution in [1.29, 1.82) is 0 Å². The highest BCUT2D eigenvalue weighted by Crippen LogP contribution is 1.89. The van der Waals surface area contributed by atoms with Crippen molar-refractivity contribution in [3.63, 3.8) is 0 Å². The van der Waals surface area contributed by atoms with Crippen LogP contribution in [0.1, 0.15) is 34.1 Å². The van der Waals surface area contributed by atoms with Crippen LogP contribution in [0.15, 0.2) is 0 Å². The molecule has 4 heteroatoms. The topological polar surface area (TPSA) is 50.4 Å². The SMILES string of the molecule is CCOCCCNC(C)C(=O)NCC(C)C. The highest BCUT2D eigenvalue weighted by atomic mass is 16.5. The molecule has 0 heterocycles. The molecule has 0 spiro atoms. The van der Waals surface area contributed by atoms with E-state index in [1.165, 1.54) is 0 Å². The lowest BCUT2D eigenvalue weighted by atomic mass is 10.2. The summed E-state index contributed by atoms with van der Waals surface area (Å²) in [4.78, 5) is 11.6. The number of rotatable bonds is 9. The van der Waals surface area contributed by atoms with Crippen molar-refractivity contribution in [2.24, 2.45) is 5.92 Å². The number of nitrogens with one attached hydrogen (secondary N) is 2. The molecule has 0 aromatic rings. The minimum Gasteiger partial charge on any atom is -0.382 e. The van der Waals surface area contributed by atoms with E-state index < -0.39 is 0 Å². The molecule has 0 radical (unpaired) electrons. The normalized spacial score (nSPS) is 12.8. The second-order valence-corrected chi connectivity index (χ2v) is 4.37. The van der Waals surface area contributed by atoms with Crippen LogP contribution in [-0.2, 0) is 9.53 Å². The van der Waals surface area contributed by atoms with Gasteiger partial charge < -0.3 is 15.4 Å². The van der Waals surface area contributed by atoms with Gasteiger partial charge in [0.2, 0.25) is 5.91 Å². The maximum absolute atomic E-state index is 11.6. The molecule has 1 unspecified atom stereocenters. The number of hydrogen-bond acceptors (Lipinski definition) is 3. The number of ether oxygens (including phenoxy) is 1. The van der Waals surface area contributed by atoms with Gasteiger partial charge in [-0.25, -0.2) is 0 Å². The van der Waals surface area contributed by atoms with Crippen LogP contribution in [0.2, 0.25) is 0 Å². The van der Waals surface area contributed by atoms with E-state index in [1.54, 1.807) is 0 Å². The standard InChI is InChI=1S/C12H26N2O2/c1-5-16-8-6-7-13-11(4)12(15)14-9-10(2)3/h10-11,13H,5-9H2,1-4H3,(H,14,15). The maximum atomic E-state index is 11.6. The third-order valence-electron chi connectivity index (χ3n) is 2.20. The predicted octanol–water partition coefficient (Wildman–Crippen LogP) is 1.16. The lowest BCUT2D eigenvalue weighted by Gasteiger charge is -2.15. The van der Waals surface area contributed by atoms with Gasteiger partial charge in [0, 0.05) is 19.8 Å². The van der Waals surface area contributed by atoms with Gasteiger partial charge in [-0.1, -0.05) is 13.8 Å². The number of carbonyl (C=O) groups is 1. The molecule has 4 nitrogen and oxygen atoms in total.